The van der Waals surface area contributed by atoms with E-state index >= 15 is 0 Å². The molecule has 0 radical (unpaired) electrons. The minimum atomic E-state index is -5.65. The van der Waals surface area contributed by atoms with Crippen LogP contribution in [0, 0.1) is 6.92 Å². The lowest BCUT2D eigenvalue weighted by Gasteiger charge is -2.22. The summed E-state index contributed by atoms with van der Waals surface area (Å²) in [5, 5.41) is 0. The van der Waals surface area contributed by atoms with E-state index < -0.39 is 48.5 Å². The Morgan fingerprint density at radius 3 is 2.51 bits per heavy atom. The Bertz CT molecular complexity index is 1110. The third-order valence-corrected chi connectivity index (χ3v) is 10.9. The first-order valence-corrected chi connectivity index (χ1v) is 17.1. The number of aromatic nitrogens is 2. The molecule has 2 heterocycles. The van der Waals surface area contributed by atoms with Gasteiger partial charge in [-0.15, -0.1) is 0 Å². The van der Waals surface area contributed by atoms with Gasteiger partial charge < -0.3 is 29.0 Å². The average molecular weight is 626 g/mol. The average Bonchev–Trinajstić information content (AvgIpc) is 3.27. The molecule has 1 aliphatic heterocycles. The van der Waals surface area contributed by atoms with Gasteiger partial charge in [0.05, 0.1) is 24.7 Å². The van der Waals surface area contributed by atoms with Crippen molar-refractivity contribution < 1.29 is 55.9 Å². The van der Waals surface area contributed by atoms with Crippen LogP contribution in [-0.2, 0) is 36.3 Å². The van der Waals surface area contributed by atoms with E-state index in [4.69, 9.17) is 23.8 Å². The normalized spacial score (nSPS) is 24.3. The quantitative estimate of drug-likeness (QED) is 0.0577. The summed E-state index contributed by atoms with van der Waals surface area (Å²) in [5.74, 6) is 0.672. The van der Waals surface area contributed by atoms with Crippen LogP contribution in [0.1, 0.15) is 39.1 Å². The molecule has 37 heavy (non-hydrogen) atoms. The summed E-state index contributed by atoms with van der Waals surface area (Å²) in [4.78, 5) is 48.4. The van der Waals surface area contributed by atoms with Crippen LogP contribution in [0.5, 0.6) is 0 Å². The lowest BCUT2D eigenvalue weighted by Crippen LogP contribution is -2.29. The molecule has 0 spiro atoms. The van der Waals surface area contributed by atoms with Gasteiger partial charge in [0.25, 0.3) is 0 Å². The number of imidazole rings is 1. The monoisotopic (exact) mass is 626 g/mol. The number of hydrogen-bond donors (Lipinski definition) is 4. The number of rotatable bonds is 14. The van der Waals surface area contributed by atoms with Gasteiger partial charge in [-0.25, -0.2) is 23.7 Å². The molecule has 1 aliphatic rings. The number of ether oxygens (including phenoxy) is 2. The highest BCUT2D eigenvalue weighted by atomic mass is 33.1. The molecular weight excluding hydrogens is 597 g/mol. The Balaban J connectivity index is 2.14. The largest absolute Gasteiger partial charge is 0.490 e. The molecule has 0 aromatic carbocycles. The molecule has 212 valence electrons. The maximum Gasteiger partial charge on any atom is 0.490 e. The molecular formula is C16H29N4O12P3S2. The first-order chi connectivity index (χ1) is 16.9. The SMILES string of the molecule is C=NC=Nc1c(C)ncn1[C@H]1CC(OCSSC(C)(C)C)[C@@H](COP(=O)(O)OP(=O)(O)OP(=O)(O)O)O1. The van der Waals surface area contributed by atoms with E-state index in [0.29, 0.717) is 11.5 Å². The minimum Gasteiger partial charge on any atom is -0.364 e. The predicted molar refractivity (Wildman–Crippen MR) is 138 cm³/mol. The fraction of sp³-hybridized carbons (Fsp3) is 0.688. The zero-order valence-electron chi connectivity index (χ0n) is 20.2. The summed E-state index contributed by atoms with van der Waals surface area (Å²) in [6.07, 6.45) is 0.663. The number of phosphoric ester groups is 1. The topological polar surface area (TPSA) is 221 Å². The van der Waals surface area contributed by atoms with Crippen molar-refractivity contribution in [1.29, 1.82) is 0 Å². The molecule has 2 rings (SSSR count). The number of nitrogens with zero attached hydrogens (tertiary/aromatic N) is 4. The van der Waals surface area contributed by atoms with Crippen molar-refractivity contribution >= 4 is 63.9 Å². The molecule has 21 heteroatoms. The van der Waals surface area contributed by atoms with Gasteiger partial charge in [0.2, 0.25) is 0 Å². The van der Waals surface area contributed by atoms with E-state index in [-0.39, 0.29) is 17.1 Å². The maximum absolute atomic E-state index is 12.2. The highest BCUT2D eigenvalue weighted by Gasteiger charge is 2.43. The fourth-order valence-corrected chi connectivity index (χ4v) is 7.93. The van der Waals surface area contributed by atoms with E-state index in [9.17, 15) is 23.5 Å². The Labute approximate surface area is 221 Å². The second-order valence-electron chi connectivity index (χ2n) is 8.38. The molecule has 0 saturated carbocycles. The smallest absolute Gasteiger partial charge is 0.364 e. The number of hydrogen-bond acceptors (Lipinski definition) is 12. The van der Waals surface area contributed by atoms with Crippen LogP contribution in [0.2, 0.25) is 0 Å². The van der Waals surface area contributed by atoms with Crippen LogP contribution < -0.4 is 0 Å². The van der Waals surface area contributed by atoms with Crippen LogP contribution in [0.3, 0.4) is 0 Å². The molecule has 0 bridgehead atoms. The molecule has 0 amide bonds. The van der Waals surface area contributed by atoms with E-state index in [0.717, 1.165) is 0 Å². The summed E-state index contributed by atoms with van der Waals surface area (Å²) in [5.41, 5.74) is 0.579. The number of phosphoric acid groups is 3. The summed E-state index contributed by atoms with van der Waals surface area (Å²) >= 11 is 0. The zero-order valence-corrected chi connectivity index (χ0v) is 24.5. The number of aliphatic imine (C=N–C) groups is 2. The predicted octanol–water partition coefficient (Wildman–Crippen LogP) is 3.71. The summed E-state index contributed by atoms with van der Waals surface area (Å²) in [6, 6.07) is 0. The molecule has 0 aliphatic carbocycles. The summed E-state index contributed by atoms with van der Waals surface area (Å²) in [6.45, 7) is 10.5. The molecule has 1 aromatic rings. The lowest BCUT2D eigenvalue weighted by molar-refractivity contribution is -0.0526. The Morgan fingerprint density at radius 1 is 1.24 bits per heavy atom. The first-order valence-electron chi connectivity index (χ1n) is 10.3. The standard InChI is InChI=1S/C16H29N4O12P3S2/c1-11-15(18-8-17-5)20(9-19-11)14-6-12(28-10-36-37-16(2,3)4)13(30-14)7-29-34(24,25)32-35(26,27)31-33(21,22)23/h8-9,12-14H,5-7,10H2,1-4H3,(H,24,25)(H,26,27)(H2,21,22,23)/t12?,13-,14-/m1/s1. The Kier molecular flexibility index (Phi) is 11.8. The summed E-state index contributed by atoms with van der Waals surface area (Å²) in [7, 11) is -13.5. The van der Waals surface area contributed by atoms with Gasteiger partial charge in [0, 0.05) is 11.2 Å². The van der Waals surface area contributed by atoms with Gasteiger partial charge in [-0.1, -0.05) is 42.4 Å². The molecule has 1 fully saturated rings. The first kappa shape index (κ1) is 32.8. The van der Waals surface area contributed by atoms with Gasteiger partial charge in [0.15, 0.2) is 5.82 Å². The van der Waals surface area contributed by atoms with Crippen LogP contribution in [0.25, 0.3) is 0 Å². The van der Waals surface area contributed by atoms with E-state index in [2.05, 4.69) is 30.3 Å². The van der Waals surface area contributed by atoms with Crippen molar-refractivity contribution in [2.75, 3.05) is 12.5 Å². The van der Waals surface area contributed by atoms with Crippen LogP contribution in [0.4, 0.5) is 5.82 Å². The second-order valence-corrected chi connectivity index (χ2v) is 15.9. The Morgan fingerprint density at radius 2 is 1.92 bits per heavy atom. The van der Waals surface area contributed by atoms with Crippen molar-refractivity contribution in [3.8, 4) is 0 Å². The van der Waals surface area contributed by atoms with Gasteiger partial charge in [0.1, 0.15) is 24.6 Å². The van der Waals surface area contributed by atoms with Crippen LogP contribution >= 0.6 is 45.1 Å². The van der Waals surface area contributed by atoms with Gasteiger partial charge in [-0.05, 0) is 13.6 Å². The summed E-state index contributed by atoms with van der Waals surface area (Å²) < 4.78 is 60.3. The van der Waals surface area contributed by atoms with Crippen molar-refractivity contribution in [3.63, 3.8) is 0 Å². The molecule has 4 N–H and O–H groups in total. The Hall–Kier alpha value is -0.420. The van der Waals surface area contributed by atoms with Gasteiger partial charge in [-0.3, -0.25) is 14.1 Å². The fourth-order valence-electron chi connectivity index (χ4n) is 2.90. The molecule has 16 nitrogen and oxygen atoms in total. The highest BCUT2D eigenvalue weighted by Crippen LogP contribution is 2.66. The van der Waals surface area contributed by atoms with E-state index in [1.807, 2.05) is 20.8 Å². The van der Waals surface area contributed by atoms with E-state index in [1.165, 1.54) is 23.5 Å². The van der Waals surface area contributed by atoms with Gasteiger partial charge >= 0.3 is 23.5 Å². The molecule has 1 saturated heterocycles. The molecule has 1 aromatic heterocycles. The molecule has 3 unspecified atom stereocenters. The van der Waals surface area contributed by atoms with Crippen molar-refractivity contribution in [2.24, 2.45) is 9.98 Å². The molecule has 5 atom stereocenters. The van der Waals surface area contributed by atoms with Crippen molar-refractivity contribution in [3.05, 3.63) is 12.0 Å². The van der Waals surface area contributed by atoms with Gasteiger partial charge in [-0.2, -0.15) is 8.62 Å². The highest BCUT2D eigenvalue weighted by molar-refractivity contribution is 8.77. The third-order valence-electron chi connectivity index (χ3n) is 4.15. The van der Waals surface area contributed by atoms with Crippen LogP contribution in [0.15, 0.2) is 16.3 Å². The second kappa shape index (κ2) is 13.3. The van der Waals surface area contributed by atoms with E-state index in [1.54, 1.807) is 22.3 Å². The lowest BCUT2D eigenvalue weighted by atomic mass is 10.2. The number of aryl methyl sites for hydroxylation is 1. The van der Waals surface area contributed by atoms with Crippen molar-refractivity contribution in [2.45, 2.75) is 57.3 Å². The third kappa shape index (κ3) is 11.7. The van der Waals surface area contributed by atoms with Crippen LogP contribution in [-0.4, -0.2) is 71.7 Å². The minimum absolute atomic E-state index is 0.0278. The maximum atomic E-state index is 12.2. The zero-order chi connectivity index (χ0) is 28.1. The van der Waals surface area contributed by atoms with Crippen molar-refractivity contribution in [1.82, 2.24) is 9.55 Å².